The fraction of sp³-hybridized carbons (Fsp3) is 0.375. The summed E-state index contributed by atoms with van der Waals surface area (Å²) in [5, 5.41) is 13.0. The van der Waals surface area contributed by atoms with Crippen molar-refractivity contribution in [3.8, 4) is 0 Å². The van der Waals surface area contributed by atoms with Crippen LogP contribution in [0, 0.1) is 0 Å². The third-order valence-corrected chi connectivity index (χ3v) is 5.61. The summed E-state index contributed by atoms with van der Waals surface area (Å²) in [6.07, 6.45) is -2.48. The number of thioether (sulfide) groups is 1. The third kappa shape index (κ3) is 6.95. The molecule has 0 fully saturated rings. The summed E-state index contributed by atoms with van der Waals surface area (Å²) in [6, 6.07) is 2.69. The van der Waals surface area contributed by atoms with Crippen molar-refractivity contribution >= 4 is 57.3 Å². The van der Waals surface area contributed by atoms with Gasteiger partial charge in [-0.1, -0.05) is 48.0 Å². The summed E-state index contributed by atoms with van der Waals surface area (Å²) in [5.41, 5.74) is -1.03. The van der Waals surface area contributed by atoms with Crippen LogP contribution in [0.25, 0.3) is 0 Å². The van der Waals surface area contributed by atoms with Gasteiger partial charge in [-0.3, -0.25) is 9.59 Å². The Kier molecular flexibility index (Phi) is 8.08. The zero-order valence-electron chi connectivity index (χ0n) is 14.6. The number of aromatic nitrogens is 2. The molecular formula is C16H16ClF3N4O2S2. The lowest BCUT2D eigenvalue weighted by molar-refractivity contribution is -0.137. The minimum Gasteiger partial charge on any atom is -0.324 e. The Morgan fingerprint density at radius 2 is 1.96 bits per heavy atom. The van der Waals surface area contributed by atoms with E-state index in [9.17, 15) is 22.8 Å². The van der Waals surface area contributed by atoms with Gasteiger partial charge in [0.2, 0.25) is 16.9 Å². The Balaban J connectivity index is 1.89. The zero-order valence-corrected chi connectivity index (χ0v) is 17.0. The molecule has 0 radical (unpaired) electrons. The molecule has 0 unspecified atom stereocenters. The van der Waals surface area contributed by atoms with Gasteiger partial charge >= 0.3 is 6.18 Å². The van der Waals surface area contributed by atoms with Gasteiger partial charge in [-0.2, -0.15) is 13.2 Å². The largest absolute Gasteiger partial charge is 0.416 e. The van der Waals surface area contributed by atoms with Crippen molar-refractivity contribution in [1.29, 1.82) is 0 Å². The number of unbranched alkanes of at least 4 members (excludes halogenated alkanes) is 1. The van der Waals surface area contributed by atoms with Gasteiger partial charge in [-0.25, -0.2) is 0 Å². The molecule has 0 bridgehead atoms. The number of carbonyl (C=O) groups excluding carboxylic acids is 2. The molecule has 2 aromatic rings. The Hall–Kier alpha value is -1.85. The lowest BCUT2D eigenvalue weighted by Gasteiger charge is -2.11. The first-order valence-corrected chi connectivity index (χ1v) is 10.3. The first-order valence-electron chi connectivity index (χ1n) is 8.11. The number of anilines is 2. The van der Waals surface area contributed by atoms with Crippen molar-refractivity contribution in [2.45, 2.75) is 36.7 Å². The molecule has 152 valence electrons. The van der Waals surface area contributed by atoms with Crippen LogP contribution in [0.3, 0.4) is 0 Å². The van der Waals surface area contributed by atoms with Gasteiger partial charge in [0.1, 0.15) is 0 Å². The van der Waals surface area contributed by atoms with Gasteiger partial charge in [0.25, 0.3) is 0 Å². The van der Waals surface area contributed by atoms with E-state index in [4.69, 9.17) is 11.6 Å². The second-order valence-corrected chi connectivity index (χ2v) is 8.16. The van der Waals surface area contributed by atoms with Crippen molar-refractivity contribution in [2.75, 3.05) is 16.4 Å². The van der Waals surface area contributed by atoms with Gasteiger partial charge < -0.3 is 10.6 Å². The van der Waals surface area contributed by atoms with E-state index in [1.807, 2.05) is 6.92 Å². The molecule has 2 rings (SSSR count). The predicted octanol–water partition coefficient (Wildman–Crippen LogP) is 5.07. The maximum atomic E-state index is 12.8. The lowest BCUT2D eigenvalue weighted by atomic mass is 10.2. The van der Waals surface area contributed by atoms with Gasteiger partial charge in [0.15, 0.2) is 4.34 Å². The van der Waals surface area contributed by atoms with E-state index >= 15 is 0 Å². The number of hydrogen-bond donors (Lipinski definition) is 2. The monoisotopic (exact) mass is 452 g/mol. The van der Waals surface area contributed by atoms with E-state index in [0.29, 0.717) is 15.9 Å². The van der Waals surface area contributed by atoms with E-state index in [-0.39, 0.29) is 22.4 Å². The van der Waals surface area contributed by atoms with Crippen LogP contribution >= 0.6 is 34.7 Å². The SMILES string of the molecule is CCCCC(=O)Nc1nnc(SCC(=O)Nc2cc(C(F)(F)F)ccc2Cl)s1. The molecule has 1 heterocycles. The van der Waals surface area contributed by atoms with Crippen molar-refractivity contribution in [1.82, 2.24) is 10.2 Å². The highest BCUT2D eigenvalue weighted by molar-refractivity contribution is 8.01. The number of rotatable bonds is 8. The molecule has 0 atom stereocenters. The average Bonchev–Trinajstić information content (AvgIpc) is 3.06. The van der Waals surface area contributed by atoms with Crippen LogP contribution in [-0.2, 0) is 15.8 Å². The number of amides is 2. The van der Waals surface area contributed by atoms with Gasteiger partial charge in [-0.15, -0.1) is 10.2 Å². The molecule has 0 spiro atoms. The van der Waals surface area contributed by atoms with Crippen molar-refractivity contribution in [3.05, 3.63) is 28.8 Å². The normalized spacial score (nSPS) is 11.3. The first-order chi connectivity index (χ1) is 13.2. The molecule has 1 aromatic carbocycles. The van der Waals surface area contributed by atoms with Crippen molar-refractivity contribution < 1.29 is 22.8 Å². The fourth-order valence-electron chi connectivity index (χ4n) is 1.95. The van der Waals surface area contributed by atoms with E-state index in [1.54, 1.807) is 0 Å². The average molecular weight is 453 g/mol. The van der Waals surface area contributed by atoms with Crippen LogP contribution < -0.4 is 10.6 Å². The highest BCUT2D eigenvalue weighted by atomic mass is 35.5. The maximum Gasteiger partial charge on any atom is 0.416 e. The molecule has 28 heavy (non-hydrogen) atoms. The highest BCUT2D eigenvalue weighted by Gasteiger charge is 2.31. The van der Waals surface area contributed by atoms with Crippen LogP contribution in [0.5, 0.6) is 0 Å². The molecule has 2 amide bonds. The number of carbonyl (C=O) groups is 2. The summed E-state index contributed by atoms with van der Waals surface area (Å²) in [6.45, 7) is 1.98. The molecular weight excluding hydrogens is 437 g/mol. The van der Waals surface area contributed by atoms with Crippen molar-refractivity contribution in [3.63, 3.8) is 0 Å². The van der Waals surface area contributed by atoms with Gasteiger partial charge in [-0.05, 0) is 24.6 Å². The Morgan fingerprint density at radius 3 is 2.64 bits per heavy atom. The lowest BCUT2D eigenvalue weighted by Crippen LogP contribution is -2.15. The van der Waals surface area contributed by atoms with E-state index in [2.05, 4.69) is 20.8 Å². The quantitative estimate of drug-likeness (QED) is 0.431. The summed E-state index contributed by atoms with van der Waals surface area (Å²) in [7, 11) is 0. The first kappa shape index (κ1) is 22.4. The number of hydrogen-bond acceptors (Lipinski definition) is 6. The summed E-state index contributed by atoms with van der Waals surface area (Å²) in [5.74, 6) is -0.813. The molecule has 0 aliphatic heterocycles. The second kappa shape index (κ2) is 10.1. The van der Waals surface area contributed by atoms with E-state index < -0.39 is 17.6 Å². The summed E-state index contributed by atoms with van der Waals surface area (Å²) < 4.78 is 38.7. The molecule has 0 aliphatic carbocycles. The van der Waals surface area contributed by atoms with Crippen molar-refractivity contribution in [2.24, 2.45) is 0 Å². The second-order valence-electron chi connectivity index (χ2n) is 5.55. The topological polar surface area (TPSA) is 84.0 Å². The zero-order chi connectivity index (χ0) is 20.7. The Morgan fingerprint density at radius 1 is 1.21 bits per heavy atom. The number of halogens is 4. The number of nitrogens with zero attached hydrogens (tertiary/aromatic N) is 2. The van der Waals surface area contributed by atoms with Gasteiger partial charge in [0.05, 0.1) is 22.0 Å². The van der Waals surface area contributed by atoms with Crippen LogP contribution in [0.4, 0.5) is 24.0 Å². The molecule has 12 heteroatoms. The van der Waals surface area contributed by atoms with E-state index in [1.165, 1.54) is 0 Å². The molecule has 6 nitrogen and oxygen atoms in total. The molecule has 0 saturated carbocycles. The van der Waals surface area contributed by atoms with Crippen LogP contribution in [0.15, 0.2) is 22.5 Å². The third-order valence-electron chi connectivity index (χ3n) is 3.30. The molecule has 1 aromatic heterocycles. The number of benzene rings is 1. The van der Waals surface area contributed by atoms with Crippen LogP contribution in [0.2, 0.25) is 5.02 Å². The molecule has 2 N–H and O–H groups in total. The molecule has 0 aliphatic rings. The number of alkyl halides is 3. The maximum absolute atomic E-state index is 12.8. The fourth-order valence-corrected chi connectivity index (χ4v) is 3.68. The predicted molar refractivity (Wildman–Crippen MR) is 104 cm³/mol. The standard InChI is InChI=1S/C16H16ClF3N4O2S2/c1-2-3-4-12(25)22-14-23-24-15(28-14)27-8-13(26)21-11-7-9(16(18,19)20)5-6-10(11)17/h5-7H,2-4,8H2,1H3,(H,21,26)(H,22,23,25). The van der Waals surface area contributed by atoms with Gasteiger partial charge in [0, 0.05) is 6.42 Å². The van der Waals surface area contributed by atoms with E-state index in [0.717, 1.165) is 54.1 Å². The Labute approximate surface area is 172 Å². The smallest absolute Gasteiger partial charge is 0.324 e. The highest BCUT2D eigenvalue weighted by Crippen LogP contribution is 2.34. The summed E-state index contributed by atoms with van der Waals surface area (Å²) in [4.78, 5) is 23.7. The van der Waals surface area contributed by atoms with Crippen LogP contribution in [-0.4, -0.2) is 27.8 Å². The number of nitrogens with one attached hydrogen (secondary N) is 2. The molecule has 0 saturated heterocycles. The minimum atomic E-state index is -4.54. The Bertz CT molecular complexity index is 846. The minimum absolute atomic E-state index is 0.000608. The summed E-state index contributed by atoms with van der Waals surface area (Å²) >= 11 is 8.00. The van der Waals surface area contributed by atoms with Crippen LogP contribution in [0.1, 0.15) is 31.7 Å².